The first kappa shape index (κ1) is 11.3. The third kappa shape index (κ3) is 1.64. The van der Waals surface area contributed by atoms with Crippen molar-refractivity contribution in [2.45, 2.75) is 18.9 Å². The van der Waals surface area contributed by atoms with Gasteiger partial charge in [-0.25, -0.2) is 0 Å². The van der Waals surface area contributed by atoms with E-state index >= 15 is 0 Å². The lowest BCUT2D eigenvalue weighted by molar-refractivity contribution is 0.518. The number of benzene rings is 2. The summed E-state index contributed by atoms with van der Waals surface area (Å²) in [5, 5.41) is 10.1. The largest absolute Gasteiger partial charge is 0.347 e. The minimum atomic E-state index is 0.623. The first-order valence-corrected chi connectivity index (χ1v) is 6.92. The van der Waals surface area contributed by atoms with E-state index in [1.807, 2.05) is 12.1 Å². The van der Waals surface area contributed by atoms with Crippen LogP contribution in [-0.4, -0.2) is 4.57 Å². The van der Waals surface area contributed by atoms with E-state index in [4.69, 9.17) is 5.26 Å². The zero-order chi connectivity index (χ0) is 13.5. The van der Waals surface area contributed by atoms with Crippen molar-refractivity contribution in [2.24, 2.45) is 0 Å². The molecule has 1 atom stereocenters. The number of nitrogens with zero attached hydrogens (tertiary/aromatic N) is 2. The van der Waals surface area contributed by atoms with E-state index in [1.165, 1.54) is 23.1 Å². The molecule has 2 heteroatoms. The molecule has 2 nitrogen and oxygen atoms in total. The summed E-state index contributed by atoms with van der Waals surface area (Å²) >= 11 is 0. The highest BCUT2D eigenvalue weighted by atomic mass is 15.0. The summed E-state index contributed by atoms with van der Waals surface area (Å²) < 4.78 is 2.30. The van der Waals surface area contributed by atoms with Gasteiger partial charge in [0.2, 0.25) is 0 Å². The van der Waals surface area contributed by atoms with Crippen LogP contribution in [-0.2, 0) is 13.0 Å². The lowest BCUT2D eigenvalue weighted by Gasteiger charge is -2.30. The van der Waals surface area contributed by atoms with Gasteiger partial charge in [-0.2, -0.15) is 5.26 Å². The smallest absolute Gasteiger partial charge is 0.0991 e. The summed E-state index contributed by atoms with van der Waals surface area (Å²) in [5.74, 6) is 0.623. The minimum absolute atomic E-state index is 0.623. The van der Waals surface area contributed by atoms with Crippen molar-refractivity contribution in [1.29, 1.82) is 5.26 Å². The summed E-state index contributed by atoms with van der Waals surface area (Å²) in [6.07, 6.45) is 3.30. The van der Waals surface area contributed by atoms with Crippen LogP contribution < -0.4 is 0 Å². The Kier molecular flexibility index (Phi) is 2.40. The Morgan fingerprint density at radius 2 is 2.05 bits per heavy atom. The van der Waals surface area contributed by atoms with Gasteiger partial charge in [0.25, 0.3) is 0 Å². The van der Waals surface area contributed by atoms with Crippen molar-refractivity contribution in [3.8, 4) is 6.07 Å². The maximum atomic E-state index is 8.95. The van der Waals surface area contributed by atoms with E-state index in [1.54, 1.807) is 0 Å². The van der Waals surface area contributed by atoms with Crippen LogP contribution in [0.4, 0.5) is 0 Å². The molecule has 0 bridgehead atoms. The molecule has 1 unspecified atom stereocenters. The van der Waals surface area contributed by atoms with Crippen LogP contribution >= 0.6 is 0 Å². The number of hydrogen-bond acceptors (Lipinski definition) is 1. The topological polar surface area (TPSA) is 28.7 Å². The maximum absolute atomic E-state index is 8.95. The van der Waals surface area contributed by atoms with Crippen molar-refractivity contribution in [3.63, 3.8) is 0 Å². The summed E-state index contributed by atoms with van der Waals surface area (Å²) in [5.41, 5.74) is 4.92. The molecule has 1 aromatic heterocycles. The van der Waals surface area contributed by atoms with Gasteiger partial charge in [-0.1, -0.05) is 24.3 Å². The fourth-order valence-corrected chi connectivity index (χ4v) is 3.19. The van der Waals surface area contributed by atoms with Crippen LogP contribution in [0, 0.1) is 11.3 Å². The first-order chi connectivity index (χ1) is 9.85. The Morgan fingerprint density at radius 3 is 2.90 bits per heavy atom. The summed E-state index contributed by atoms with van der Waals surface area (Å²) in [6, 6.07) is 18.9. The number of nitriles is 1. The molecule has 0 saturated heterocycles. The van der Waals surface area contributed by atoms with Crippen molar-refractivity contribution >= 4 is 10.9 Å². The molecule has 2 aromatic carbocycles. The second-order valence-corrected chi connectivity index (χ2v) is 5.45. The molecule has 0 radical (unpaired) electrons. The average molecular weight is 258 g/mol. The van der Waals surface area contributed by atoms with Gasteiger partial charge in [0.05, 0.1) is 11.6 Å². The third-order valence-corrected chi connectivity index (χ3v) is 4.28. The van der Waals surface area contributed by atoms with E-state index in [0.29, 0.717) is 5.92 Å². The molecule has 0 amide bonds. The maximum Gasteiger partial charge on any atom is 0.0991 e. The summed E-state index contributed by atoms with van der Waals surface area (Å²) in [4.78, 5) is 0. The average Bonchev–Trinajstić information content (AvgIpc) is 2.87. The quantitative estimate of drug-likeness (QED) is 0.686. The van der Waals surface area contributed by atoms with Gasteiger partial charge in [0.1, 0.15) is 0 Å². The van der Waals surface area contributed by atoms with Gasteiger partial charge in [-0.15, -0.1) is 0 Å². The van der Waals surface area contributed by atoms with Gasteiger partial charge >= 0.3 is 0 Å². The van der Waals surface area contributed by atoms with Crippen LogP contribution in [0.5, 0.6) is 0 Å². The molecular weight excluding hydrogens is 244 g/mol. The standard InChI is InChI=1S/C18H14N2/c19-11-13-5-6-18-15(9-13)7-8-20(18)12-16-10-14-3-1-2-4-17(14)16/h1-9,16H,10,12H2. The molecule has 3 aromatic rings. The number of hydrogen-bond donors (Lipinski definition) is 0. The predicted octanol–water partition coefficient (Wildman–Crippen LogP) is 3.85. The van der Waals surface area contributed by atoms with E-state index < -0.39 is 0 Å². The molecule has 1 aliphatic rings. The highest BCUT2D eigenvalue weighted by Gasteiger charge is 2.25. The Labute approximate surface area is 117 Å². The van der Waals surface area contributed by atoms with Crippen molar-refractivity contribution in [2.75, 3.05) is 0 Å². The van der Waals surface area contributed by atoms with Gasteiger partial charge in [0.15, 0.2) is 0 Å². The van der Waals surface area contributed by atoms with Crippen LogP contribution in [0.25, 0.3) is 10.9 Å². The number of aromatic nitrogens is 1. The molecule has 96 valence electrons. The van der Waals surface area contributed by atoms with E-state index in [0.717, 1.165) is 17.5 Å². The van der Waals surface area contributed by atoms with E-state index in [-0.39, 0.29) is 0 Å². The highest BCUT2D eigenvalue weighted by Crippen LogP contribution is 2.36. The van der Waals surface area contributed by atoms with E-state index in [9.17, 15) is 0 Å². The number of fused-ring (bicyclic) bond motifs is 2. The Hall–Kier alpha value is -2.53. The molecular formula is C18H14N2. The highest BCUT2D eigenvalue weighted by molar-refractivity contribution is 5.81. The molecule has 0 N–H and O–H groups in total. The SMILES string of the molecule is N#Cc1ccc2c(ccn2CC2Cc3ccccc32)c1. The van der Waals surface area contributed by atoms with Crippen molar-refractivity contribution < 1.29 is 0 Å². The second-order valence-electron chi connectivity index (χ2n) is 5.45. The summed E-state index contributed by atoms with van der Waals surface area (Å²) in [7, 11) is 0. The van der Waals surface area contributed by atoms with Gasteiger partial charge in [-0.3, -0.25) is 0 Å². The monoisotopic (exact) mass is 258 g/mol. The zero-order valence-corrected chi connectivity index (χ0v) is 11.1. The Bertz CT molecular complexity index is 836. The minimum Gasteiger partial charge on any atom is -0.347 e. The van der Waals surface area contributed by atoms with Crippen LogP contribution in [0.15, 0.2) is 54.7 Å². The molecule has 20 heavy (non-hydrogen) atoms. The zero-order valence-electron chi connectivity index (χ0n) is 11.1. The van der Waals surface area contributed by atoms with Crippen molar-refractivity contribution in [3.05, 3.63) is 71.4 Å². The molecule has 0 spiro atoms. The fraction of sp³-hybridized carbons (Fsp3) is 0.167. The van der Waals surface area contributed by atoms with Gasteiger partial charge in [-0.05, 0) is 41.8 Å². The van der Waals surface area contributed by atoms with Gasteiger partial charge < -0.3 is 4.57 Å². The predicted molar refractivity (Wildman–Crippen MR) is 79.5 cm³/mol. The van der Waals surface area contributed by atoms with Crippen LogP contribution in [0.1, 0.15) is 22.6 Å². The molecule has 4 rings (SSSR count). The van der Waals surface area contributed by atoms with Gasteiger partial charge in [0, 0.05) is 29.6 Å². The van der Waals surface area contributed by atoms with Crippen molar-refractivity contribution in [1.82, 2.24) is 4.57 Å². The van der Waals surface area contributed by atoms with E-state index in [2.05, 4.69) is 53.2 Å². The lowest BCUT2D eigenvalue weighted by Crippen LogP contribution is -2.21. The molecule has 0 aliphatic heterocycles. The second kappa shape index (κ2) is 4.25. The first-order valence-electron chi connectivity index (χ1n) is 6.92. The molecule has 0 fully saturated rings. The number of rotatable bonds is 2. The molecule has 0 saturated carbocycles. The lowest BCUT2D eigenvalue weighted by atomic mass is 9.77. The third-order valence-electron chi connectivity index (χ3n) is 4.28. The summed E-state index contributed by atoms with van der Waals surface area (Å²) in [6.45, 7) is 1.02. The van der Waals surface area contributed by atoms with Crippen LogP contribution in [0.3, 0.4) is 0 Å². The molecule has 1 heterocycles. The fourth-order valence-electron chi connectivity index (χ4n) is 3.19. The Morgan fingerprint density at radius 1 is 1.15 bits per heavy atom. The normalized spacial score (nSPS) is 16.4. The Balaban J connectivity index is 1.66. The molecule has 1 aliphatic carbocycles. The van der Waals surface area contributed by atoms with Crippen LogP contribution in [0.2, 0.25) is 0 Å².